The van der Waals surface area contributed by atoms with Crippen molar-refractivity contribution in [3.05, 3.63) is 98.1 Å². The SMILES string of the molecule is COc1cc(/C=C2\N=C(c3ccccc3Cl)OC2=O)cc(Cl)c1OCc1ccc(Cl)cc1. The standard InChI is InChI=1S/C24H16Cl3NO4/c1-30-21-12-15(10-19(27)22(21)31-13-14-6-8-16(25)9-7-14)11-20-24(29)32-23(28-20)17-4-2-3-5-18(17)26/h2-12H,13H2,1H3/b20-11-. The van der Waals surface area contributed by atoms with Crippen molar-refractivity contribution in [1.82, 2.24) is 0 Å². The van der Waals surface area contributed by atoms with Gasteiger partial charge in [-0.3, -0.25) is 0 Å². The monoisotopic (exact) mass is 487 g/mol. The maximum atomic E-state index is 12.3. The Labute approximate surface area is 199 Å². The Bertz CT molecular complexity index is 1240. The summed E-state index contributed by atoms with van der Waals surface area (Å²) in [6.45, 7) is 0.283. The smallest absolute Gasteiger partial charge is 0.363 e. The van der Waals surface area contributed by atoms with Gasteiger partial charge in [-0.1, -0.05) is 59.1 Å². The summed E-state index contributed by atoms with van der Waals surface area (Å²) in [6, 6.07) is 17.6. The minimum absolute atomic E-state index is 0.118. The van der Waals surface area contributed by atoms with Crippen LogP contribution in [0.2, 0.25) is 15.1 Å². The minimum atomic E-state index is -0.585. The molecule has 0 radical (unpaired) electrons. The number of esters is 1. The summed E-state index contributed by atoms with van der Waals surface area (Å²) < 4.78 is 16.6. The molecule has 8 heteroatoms. The number of aliphatic imine (C=N–C) groups is 1. The third kappa shape index (κ3) is 4.91. The topological polar surface area (TPSA) is 57.1 Å². The van der Waals surface area contributed by atoms with Gasteiger partial charge in [-0.15, -0.1) is 0 Å². The molecule has 0 spiro atoms. The Morgan fingerprint density at radius 2 is 1.75 bits per heavy atom. The summed E-state index contributed by atoms with van der Waals surface area (Å²) in [4.78, 5) is 16.6. The number of rotatable bonds is 6. The zero-order valence-electron chi connectivity index (χ0n) is 16.8. The molecule has 0 bridgehead atoms. The Morgan fingerprint density at radius 3 is 2.47 bits per heavy atom. The summed E-state index contributed by atoms with van der Waals surface area (Å²) in [6.07, 6.45) is 1.56. The molecule has 1 aliphatic rings. The highest BCUT2D eigenvalue weighted by molar-refractivity contribution is 6.34. The molecule has 162 valence electrons. The molecule has 0 amide bonds. The van der Waals surface area contributed by atoms with Crippen LogP contribution < -0.4 is 9.47 Å². The van der Waals surface area contributed by atoms with E-state index >= 15 is 0 Å². The normalized spacial score (nSPS) is 14.3. The number of hydrogen-bond acceptors (Lipinski definition) is 5. The average molecular weight is 489 g/mol. The molecule has 4 rings (SSSR count). The van der Waals surface area contributed by atoms with E-state index in [2.05, 4.69) is 4.99 Å². The maximum Gasteiger partial charge on any atom is 0.363 e. The number of halogens is 3. The number of ether oxygens (including phenoxy) is 3. The van der Waals surface area contributed by atoms with Gasteiger partial charge in [-0.2, -0.15) is 0 Å². The number of carbonyl (C=O) groups is 1. The molecule has 0 aromatic heterocycles. The van der Waals surface area contributed by atoms with Gasteiger partial charge in [0.25, 0.3) is 0 Å². The van der Waals surface area contributed by atoms with Crippen LogP contribution in [0.25, 0.3) is 6.08 Å². The van der Waals surface area contributed by atoms with E-state index < -0.39 is 5.97 Å². The first-order valence-electron chi connectivity index (χ1n) is 9.47. The first kappa shape index (κ1) is 22.2. The molecule has 0 N–H and O–H groups in total. The quantitative estimate of drug-likeness (QED) is 0.290. The molecule has 3 aromatic carbocycles. The van der Waals surface area contributed by atoms with Gasteiger partial charge in [0.15, 0.2) is 17.2 Å². The fourth-order valence-corrected chi connectivity index (χ4v) is 3.63. The molecular weight excluding hydrogens is 473 g/mol. The second-order valence-corrected chi connectivity index (χ2v) is 8.02. The van der Waals surface area contributed by atoms with Crippen LogP contribution in [0.1, 0.15) is 16.7 Å². The van der Waals surface area contributed by atoms with Gasteiger partial charge in [-0.05, 0) is 53.6 Å². The fraction of sp³-hybridized carbons (Fsp3) is 0.0833. The largest absolute Gasteiger partial charge is 0.493 e. The van der Waals surface area contributed by atoms with E-state index in [1.165, 1.54) is 7.11 Å². The molecule has 0 saturated carbocycles. The lowest BCUT2D eigenvalue weighted by Crippen LogP contribution is -2.05. The number of methoxy groups -OCH3 is 1. The number of benzene rings is 3. The molecule has 1 aliphatic heterocycles. The Hall–Kier alpha value is -2.99. The van der Waals surface area contributed by atoms with Crippen molar-refractivity contribution in [3.63, 3.8) is 0 Å². The van der Waals surface area contributed by atoms with E-state index in [1.54, 1.807) is 54.6 Å². The molecule has 0 aliphatic carbocycles. The van der Waals surface area contributed by atoms with Crippen LogP contribution in [0.15, 0.2) is 71.4 Å². The molecular formula is C24H16Cl3NO4. The van der Waals surface area contributed by atoms with Gasteiger partial charge in [-0.25, -0.2) is 9.79 Å². The van der Waals surface area contributed by atoms with Gasteiger partial charge in [0, 0.05) is 5.02 Å². The zero-order valence-corrected chi connectivity index (χ0v) is 19.0. The van der Waals surface area contributed by atoms with Crippen molar-refractivity contribution >= 4 is 52.7 Å². The molecule has 0 fully saturated rings. The van der Waals surface area contributed by atoms with Gasteiger partial charge in [0.05, 0.1) is 22.7 Å². The van der Waals surface area contributed by atoms with Crippen LogP contribution in [0.5, 0.6) is 11.5 Å². The Kier molecular flexibility index (Phi) is 6.70. The third-order valence-corrected chi connectivity index (χ3v) is 5.44. The van der Waals surface area contributed by atoms with Crippen molar-refractivity contribution in [3.8, 4) is 11.5 Å². The van der Waals surface area contributed by atoms with E-state index in [0.717, 1.165) is 5.56 Å². The number of nitrogens with zero attached hydrogens (tertiary/aromatic N) is 1. The molecule has 1 heterocycles. The van der Waals surface area contributed by atoms with Gasteiger partial charge < -0.3 is 14.2 Å². The second kappa shape index (κ2) is 9.65. The fourth-order valence-electron chi connectivity index (χ4n) is 3.02. The predicted molar refractivity (Wildman–Crippen MR) is 126 cm³/mol. The highest BCUT2D eigenvalue weighted by atomic mass is 35.5. The molecule has 0 saturated heterocycles. The summed E-state index contributed by atoms with van der Waals surface area (Å²) in [7, 11) is 1.51. The number of hydrogen-bond donors (Lipinski definition) is 0. The van der Waals surface area contributed by atoms with Crippen molar-refractivity contribution in [1.29, 1.82) is 0 Å². The van der Waals surface area contributed by atoms with Crippen LogP contribution in [0.4, 0.5) is 0 Å². The average Bonchev–Trinajstić information content (AvgIpc) is 3.14. The van der Waals surface area contributed by atoms with Gasteiger partial charge >= 0.3 is 5.97 Å². The lowest BCUT2D eigenvalue weighted by Gasteiger charge is -2.13. The van der Waals surface area contributed by atoms with Crippen LogP contribution in [-0.4, -0.2) is 19.0 Å². The summed E-state index contributed by atoms with van der Waals surface area (Å²) in [5.74, 6) is 0.367. The molecule has 0 unspecified atom stereocenters. The van der Waals surface area contributed by atoms with Crippen LogP contribution >= 0.6 is 34.8 Å². The maximum absolute atomic E-state index is 12.3. The number of carbonyl (C=O) groups excluding carboxylic acids is 1. The van der Waals surface area contributed by atoms with E-state index in [1.807, 2.05) is 12.1 Å². The molecule has 32 heavy (non-hydrogen) atoms. The highest BCUT2D eigenvalue weighted by Crippen LogP contribution is 2.38. The summed E-state index contributed by atoms with van der Waals surface area (Å²) >= 11 is 18.5. The van der Waals surface area contributed by atoms with E-state index in [4.69, 9.17) is 49.0 Å². The van der Waals surface area contributed by atoms with Crippen molar-refractivity contribution in [2.75, 3.05) is 7.11 Å². The van der Waals surface area contributed by atoms with Crippen molar-refractivity contribution in [2.45, 2.75) is 6.61 Å². The lowest BCUT2D eigenvalue weighted by molar-refractivity contribution is -0.129. The Balaban J connectivity index is 1.59. The van der Waals surface area contributed by atoms with Crippen LogP contribution in [0.3, 0.4) is 0 Å². The van der Waals surface area contributed by atoms with E-state index in [9.17, 15) is 4.79 Å². The van der Waals surface area contributed by atoms with E-state index in [0.29, 0.717) is 37.7 Å². The highest BCUT2D eigenvalue weighted by Gasteiger charge is 2.25. The third-order valence-electron chi connectivity index (χ3n) is 4.58. The Morgan fingerprint density at radius 1 is 1.00 bits per heavy atom. The first-order chi connectivity index (χ1) is 15.4. The summed E-state index contributed by atoms with van der Waals surface area (Å²) in [5, 5.41) is 1.41. The van der Waals surface area contributed by atoms with Gasteiger partial charge in [0.2, 0.25) is 5.90 Å². The number of cyclic esters (lactones) is 1. The molecule has 3 aromatic rings. The van der Waals surface area contributed by atoms with Crippen molar-refractivity contribution in [2.24, 2.45) is 4.99 Å². The van der Waals surface area contributed by atoms with Crippen molar-refractivity contribution < 1.29 is 19.0 Å². The summed E-state index contributed by atoms with van der Waals surface area (Å²) in [5.41, 5.74) is 2.18. The second-order valence-electron chi connectivity index (χ2n) is 6.77. The zero-order chi connectivity index (χ0) is 22.7. The van der Waals surface area contributed by atoms with E-state index in [-0.39, 0.29) is 18.2 Å². The molecule has 5 nitrogen and oxygen atoms in total. The predicted octanol–water partition coefficient (Wildman–Crippen LogP) is 6.58. The lowest BCUT2D eigenvalue weighted by atomic mass is 10.1. The molecule has 0 atom stereocenters. The first-order valence-corrected chi connectivity index (χ1v) is 10.6. The van der Waals surface area contributed by atoms with Crippen LogP contribution in [0, 0.1) is 0 Å². The van der Waals surface area contributed by atoms with Gasteiger partial charge in [0.1, 0.15) is 6.61 Å². The minimum Gasteiger partial charge on any atom is -0.493 e. The van der Waals surface area contributed by atoms with Crippen LogP contribution in [-0.2, 0) is 16.1 Å².